The Labute approximate surface area is 118 Å². The summed E-state index contributed by atoms with van der Waals surface area (Å²) in [5.41, 5.74) is 0.806. The minimum atomic E-state index is -0.277. The first kappa shape index (κ1) is 15.8. The van der Waals surface area contributed by atoms with E-state index in [1.165, 1.54) is 18.2 Å². The van der Waals surface area contributed by atoms with Crippen LogP contribution in [0, 0.1) is 5.82 Å². The van der Waals surface area contributed by atoms with Gasteiger partial charge in [-0.15, -0.1) is 0 Å². The van der Waals surface area contributed by atoms with E-state index in [2.05, 4.69) is 26.1 Å². The summed E-state index contributed by atoms with van der Waals surface area (Å²) in [5.74, 6) is 0.485. The average Bonchev–Trinajstić information content (AvgIpc) is 2.33. The molecule has 4 heteroatoms. The normalized spacial score (nSPS) is 11.8. The van der Waals surface area contributed by atoms with E-state index in [1.54, 1.807) is 18.2 Å². The maximum Gasteiger partial charge on any atom is 0.244 e. The van der Waals surface area contributed by atoms with E-state index in [9.17, 15) is 9.18 Å². The lowest BCUT2D eigenvalue weighted by Gasteiger charge is -2.17. The Morgan fingerprint density at radius 2 is 1.95 bits per heavy atom. The van der Waals surface area contributed by atoms with Crippen LogP contribution in [0.4, 0.5) is 4.39 Å². The summed E-state index contributed by atoms with van der Waals surface area (Å²) in [4.78, 5) is 11.5. The van der Waals surface area contributed by atoms with E-state index in [1.807, 2.05) is 11.8 Å². The molecule has 1 aromatic rings. The fourth-order valence-corrected chi connectivity index (χ4v) is 2.15. The second-order valence-electron chi connectivity index (χ2n) is 5.14. The molecule has 1 N–H and O–H groups in total. The van der Waals surface area contributed by atoms with Gasteiger partial charge in [-0.05, 0) is 23.8 Å². The molecule has 0 aliphatic rings. The first-order valence-electron chi connectivity index (χ1n) is 6.22. The van der Waals surface area contributed by atoms with Crippen LogP contribution in [0.2, 0.25) is 0 Å². The van der Waals surface area contributed by atoms with Crippen LogP contribution in [-0.4, -0.2) is 23.0 Å². The third-order valence-electron chi connectivity index (χ3n) is 2.23. The monoisotopic (exact) mass is 281 g/mol. The molecular weight excluding hydrogens is 261 g/mol. The molecule has 0 spiro atoms. The zero-order valence-corrected chi connectivity index (χ0v) is 12.4. The Kier molecular flexibility index (Phi) is 6.09. The zero-order valence-electron chi connectivity index (χ0n) is 11.6. The van der Waals surface area contributed by atoms with Gasteiger partial charge in [-0.3, -0.25) is 4.79 Å². The molecular formula is C15H20FNOS. The Morgan fingerprint density at radius 3 is 2.53 bits per heavy atom. The average molecular weight is 281 g/mol. The number of nitrogens with one attached hydrogen (secondary N) is 1. The maximum atomic E-state index is 12.7. The van der Waals surface area contributed by atoms with Crippen molar-refractivity contribution in [3.63, 3.8) is 0 Å². The van der Waals surface area contributed by atoms with Crippen LogP contribution in [0.3, 0.4) is 0 Å². The van der Waals surface area contributed by atoms with Gasteiger partial charge in [0, 0.05) is 23.1 Å². The first-order valence-corrected chi connectivity index (χ1v) is 7.21. The zero-order chi connectivity index (χ0) is 14.3. The van der Waals surface area contributed by atoms with Crippen LogP contribution in [0.25, 0.3) is 6.08 Å². The van der Waals surface area contributed by atoms with Crippen molar-refractivity contribution in [2.75, 3.05) is 12.3 Å². The predicted octanol–water partition coefficient (Wildman–Crippen LogP) is 3.49. The van der Waals surface area contributed by atoms with Crippen molar-refractivity contribution in [1.29, 1.82) is 0 Å². The third kappa shape index (κ3) is 7.67. The number of halogens is 1. The summed E-state index contributed by atoms with van der Waals surface area (Å²) in [5, 5.41) is 2.82. The van der Waals surface area contributed by atoms with E-state index in [0.717, 1.165) is 11.3 Å². The van der Waals surface area contributed by atoms with Gasteiger partial charge in [0.25, 0.3) is 0 Å². The van der Waals surface area contributed by atoms with Crippen molar-refractivity contribution in [3.05, 3.63) is 41.7 Å². The Morgan fingerprint density at radius 1 is 1.32 bits per heavy atom. The summed E-state index contributed by atoms with van der Waals surface area (Å²) in [7, 11) is 0. The van der Waals surface area contributed by atoms with Gasteiger partial charge in [0.15, 0.2) is 0 Å². The fourth-order valence-electron chi connectivity index (χ4n) is 1.34. The SMILES string of the molecule is CC(C)(C)SCCNC(=O)/C=C/c1ccc(F)cc1. The lowest BCUT2D eigenvalue weighted by molar-refractivity contribution is -0.116. The van der Waals surface area contributed by atoms with E-state index in [4.69, 9.17) is 0 Å². The largest absolute Gasteiger partial charge is 0.352 e. The molecule has 0 fully saturated rings. The van der Waals surface area contributed by atoms with Crippen LogP contribution < -0.4 is 5.32 Å². The minimum absolute atomic E-state index is 0.126. The molecule has 0 aromatic heterocycles. The Hall–Kier alpha value is -1.29. The van der Waals surface area contributed by atoms with Gasteiger partial charge >= 0.3 is 0 Å². The molecule has 0 heterocycles. The number of benzene rings is 1. The number of amides is 1. The predicted molar refractivity (Wildman–Crippen MR) is 80.7 cm³/mol. The summed E-state index contributed by atoms with van der Waals surface area (Å²) in [6.45, 7) is 7.09. The molecule has 0 saturated carbocycles. The molecule has 0 aliphatic heterocycles. The van der Waals surface area contributed by atoms with Crippen LogP contribution in [0.5, 0.6) is 0 Å². The lowest BCUT2D eigenvalue weighted by atomic mass is 10.2. The lowest BCUT2D eigenvalue weighted by Crippen LogP contribution is -2.25. The number of carbonyl (C=O) groups excluding carboxylic acids is 1. The van der Waals surface area contributed by atoms with Gasteiger partial charge < -0.3 is 5.32 Å². The van der Waals surface area contributed by atoms with Gasteiger partial charge in [0.1, 0.15) is 5.82 Å². The number of carbonyl (C=O) groups is 1. The highest BCUT2D eigenvalue weighted by atomic mass is 32.2. The Balaban J connectivity index is 2.29. The van der Waals surface area contributed by atoms with Crippen LogP contribution in [0.1, 0.15) is 26.3 Å². The van der Waals surface area contributed by atoms with Gasteiger partial charge in [-0.2, -0.15) is 11.8 Å². The van der Waals surface area contributed by atoms with Crippen LogP contribution in [0.15, 0.2) is 30.3 Å². The first-order chi connectivity index (χ1) is 8.87. The standard InChI is InChI=1S/C15H20FNOS/c1-15(2,3)19-11-10-17-14(18)9-6-12-4-7-13(16)8-5-12/h4-9H,10-11H2,1-3H3,(H,17,18)/b9-6+. The highest BCUT2D eigenvalue weighted by Crippen LogP contribution is 2.21. The molecule has 0 atom stereocenters. The molecule has 1 amide bonds. The number of rotatable bonds is 5. The van der Waals surface area contributed by atoms with Gasteiger partial charge in [0.2, 0.25) is 5.91 Å². The molecule has 104 valence electrons. The molecule has 0 bridgehead atoms. The number of thioether (sulfide) groups is 1. The van der Waals surface area contributed by atoms with Crippen molar-refractivity contribution in [3.8, 4) is 0 Å². The smallest absolute Gasteiger partial charge is 0.244 e. The second-order valence-corrected chi connectivity index (χ2v) is 7.06. The minimum Gasteiger partial charge on any atom is -0.352 e. The molecule has 2 nitrogen and oxygen atoms in total. The third-order valence-corrected chi connectivity index (χ3v) is 3.51. The topological polar surface area (TPSA) is 29.1 Å². The highest BCUT2D eigenvalue weighted by molar-refractivity contribution is 8.00. The highest BCUT2D eigenvalue weighted by Gasteiger charge is 2.09. The summed E-state index contributed by atoms with van der Waals surface area (Å²) in [6.07, 6.45) is 3.14. The molecule has 1 rings (SSSR count). The van der Waals surface area contributed by atoms with Crippen LogP contribution in [-0.2, 0) is 4.79 Å². The molecule has 0 aliphatic carbocycles. The second kappa shape index (κ2) is 7.34. The van der Waals surface area contributed by atoms with Crippen LogP contribution >= 0.6 is 11.8 Å². The number of hydrogen-bond acceptors (Lipinski definition) is 2. The molecule has 0 radical (unpaired) electrons. The molecule has 1 aromatic carbocycles. The van der Waals surface area contributed by atoms with Gasteiger partial charge in [0.05, 0.1) is 0 Å². The molecule has 0 unspecified atom stereocenters. The molecule has 19 heavy (non-hydrogen) atoms. The Bertz CT molecular complexity index is 434. The van der Waals surface area contributed by atoms with Crippen molar-refractivity contribution in [2.24, 2.45) is 0 Å². The van der Waals surface area contributed by atoms with E-state index >= 15 is 0 Å². The molecule has 0 saturated heterocycles. The van der Waals surface area contributed by atoms with E-state index in [0.29, 0.717) is 6.54 Å². The van der Waals surface area contributed by atoms with E-state index in [-0.39, 0.29) is 16.5 Å². The van der Waals surface area contributed by atoms with E-state index < -0.39 is 0 Å². The van der Waals surface area contributed by atoms with Crippen molar-refractivity contribution >= 4 is 23.7 Å². The van der Waals surface area contributed by atoms with Crippen molar-refractivity contribution in [1.82, 2.24) is 5.32 Å². The summed E-state index contributed by atoms with van der Waals surface area (Å²) < 4.78 is 12.9. The summed E-state index contributed by atoms with van der Waals surface area (Å²) >= 11 is 1.81. The van der Waals surface area contributed by atoms with Crippen molar-refractivity contribution < 1.29 is 9.18 Å². The number of hydrogen-bond donors (Lipinski definition) is 1. The van der Waals surface area contributed by atoms with Gasteiger partial charge in [-0.25, -0.2) is 4.39 Å². The van der Waals surface area contributed by atoms with Crippen molar-refractivity contribution in [2.45, 2.75) is 25.5 Å². The summed E-state index contributed by atoms with van der Waals surface area (Å²) in [6, 6.07) is 6.01. The fraction of sp³-hybridized carbons (Fsp3) is 0.400. The maximum absolute atomic E-state index is 12.7. The quantitative estimate of drug-likeness (QED) is 0.661. The van der Waals surface area contributed by atoms with Gasteiger partial charge in [-0.1, -0.05) is 32.9 Å².